The number of carbonyl (C=O) groups excluding carboxylic acids is 2. The highest BCUT2D eigenvalue weighted by atomic mass is 79.9. The van der Waals surface area contributed by atoms with E-state index in [-0.39, 0.29) is 24.1 Å². The first-order valence-corrected chi connectivity index (χ1v) is 14.4. The Morgan fingerprint density at radius 3 is 2.61 bits per heavy atom. The summed E-state index contributed by atoms with van der Waals surface area (Å²) in [4.78, 5) is 25.2. The Balaban J connectivity index is 1.47. The Bertz CT molecular complexity index is 1360. The fourth-order valence-electron chi connectivity index (χ4n) is 3.13. The third-order valence-corrected chi connectivity index (χ3v) is 8.04. The average Bonchev–Trinajstić information content (AvgIpc) is 3.48. The third-order valence-electron chi connectivity index (χ3n) is 4.73. The molecule has 2 aromatic heterocycles. The van der Waals surface area contributed by atoms with Gasteiger partial charge in [-0.15, -0.1) is 20.4 Å². The van der Waals surface area contributed by atoms with Crippen molar-refractivity contribution < 1.29 is 9.59 Å². The van der Waals surface area contributed by atoms with Crippen molar-refractivity contribution in [3.8, 4) is 5.69 Å². The molecule has 0 aliphatic rings. The Kier molecular flexibility index (Phi) is 9.13. The summed E-state index contributed by atoms with van der Waals surface area (Å²) in [6, 6.07) is 15.0. The molecular weight excluding hydrogens is 582 g/mol. The molecule has 0 saturated heterocycles. The maximum atomic E-state index is 12.7. The molecule has 36 heavy (non-hydrogen) atoms. The molecule has 2 N–H and O–H groups in total. The Labute approximate surface area is 229 Å². The maximum Gasteiger partial charge on any atom is 0.251 e. The van der Waals surface area contributed by atoms with Crippen LogP contribution in [0.5, 0.6) is 0 Å². The Morgan fingerprint density at radius 2 is 1.86 bits per heavy atom. The van der Waals surface area contributed by atoms with Crippen molar-refractivity contribution in [3.05, 3.63) is 70.0 Å². The van der Waals surface area contributed by atoms with Gasteiger partial charge in [0.05, 0.1) is 12.3 Å². The van der Waals surface area contributed by atoms with Crippen LogP contribution < -0.4 is 10.6 Å². The molecule has 9 nitrogen and oxygen atoms in total. The van der Waals surface area contributed by atoms with E-state index in [4.69, 9.17) is 0 Å². The van der Waals surface area contributed by atoms with Crippen molar-refractivity contribution in [2.24, 2.45) is 0 Å². The van der Waals surface area contributed by atoms with E-state index in [0.29, 0.717) is 21.7 Å². The molecule has 0 aliphatic heterocycles. The number of halogens is 1. The highest BCUT2D eigenvalue weighted by Gasteiger charge is 2.18. The standard InChI is InChI=1S/C23H22BrN7O2S3/c1-3-34-23-30-28-21(36-23)26-19(32)13-35-22-29-27-18(31(22)17-9-7-16(24)8-10-17)12-25-20(33)15-6-4-5-14(2)11-15/h4-11H,3,12-13H2,1-2H3,(H,25,33)(H,26,28,32). The molecule has 4 rings (SSSR count). The van der Waals surface area contributed by atoms with Crippen molar-refractivity contribution in [2.75, 3.05) is 16.8 Å². The molecule has 0 radical (unpaired) electrons. The van der Waals surface area contributed by atoms with Crippen LogP contribution in [0.3, 0.4) is 0 Å². The molecule has 0 spiro atoms. The number of hydrogen-bond donors (Lipinski definition) is 2. The molecule has 2 heterocycles. The lowest BCUT2D eigenvalue weighted by molar-refractivity contribution is -0.113. The molecule has 2 amide bonds. The minimum atomic E-state index is -0.219. The smallest absolute Gasteiger partial charge is 0.251 e. The van der Waals surface area contributed by atoms with Crippen molar-refractivity contribution in [2.45, 2.75) is 29.9 Å². The third kappa shape index (κ3) is 6.93. The van der Waals surface area contributed by atoms with Gasteiger partial charge in [-0.2, -0.15) is 0 Å². The summed E-state index contributed by atoms with van der Waals surface area (Å²) in [7, 11) is 0. The predicted octanol–water partition coefficient (Wildman–Crippen LogP) is 4.96. The minimum absolute atomic E-state index is 0.111. The SMILES string of the molecule is CCSc1nnc(NC(=O)CSc2nnc(CNC(=O)c3cccc(C)c3)n2-c2ccc(Br)cc2)s1. The second-order valence-corrected chi connectivity index (χ2v) is 11.8. The van der Waals surface area contributed by atoms with Crippen LogP contribution in [0.25, 0.3) is 5.69 Å². The van der Waals surface area contributed by atoms with Crippen LogP contribution in [0, 0.1) is 6.92 Å². The number of nitrogens with one attached hydrogen (secondary N) is 2. The summed E-state index contributed by atoms with van der Waals surface area (Å²) in [5, 5.41) is 23.3. The number of benzene rings is 2. The van der Waals surface area contributed by atoms with E-state index in [1.165, 1.54) is 23.1 Å². The normalized spacial score (nSPS) is 10.9. The fraction of sp³-hybridized carbons (Fsp3) is 0.217. The molecular formula is C23H22BrN7O2S3. The number of nitrogens with zero attached hydrogens (tertiary/aromatic N) is 5. The zero-order chi connectivity index (χ0) is 25.5. The first kappa shape index (κ1) is 26.3. The highest BCUT2D eigenvalue weighted by molar-refractivity contribution is 9.10. The van der Waals surface area contributed by atoms with E-state index >= 15 is 0 Å². The summed E-state index contributed by atoms with van der Waals surface area (Å²) in [5.74, 6) is 1.13. The fourth-order valence-corrected chi connectivity index (χ4v) is 5.83. The Morgan fingerprint density at radius 1 is 1.06 bits per heavy atom. The lowest BCUT2D eigenvalue weighted by Gasteiger charge is -2.11. The van der Waals surface area contributed by atoms with Gasteiger partial charge < -0.3 is 5.32 Å². The summed E-state index contributed by atoms with van der Waals surface area (Å²) in [5.41, 5.74) is 2.40. The van der Waals surface area contributed by atoms with Gasteiger partial charge in [-0.05, 0) is 49.1 Å². The van der Waals surface area contributed by atoms with E-state index in [9.17, 15) is 9.59 Å². The first-order chi connectivity index (χ1) is 17.4. The monoisotopic (exact) mass is 603 g/mol. The molecule has 0 aliphatic carbocycles. The summed E-state index contributed by atoms with van der Waals surface area (Å²) < 4.78 is 3.58. The van der Waals surface area contributed by atoms with E-state index in [1.807, 2.05) is 60.9 Å². The van der Waals surface area contributed by atoms with E-state index in [0.717, 1.165) is 25.8 Å². The zero-order valence-corrected chi connectivity index (χ0v) is 23.4. The van der Waals surface area contributed by atoms with Crippen LogP contribution in [0.4, 0.5) is 5.13 Å². The number of carbonyl (C=O) groups is 2. The van der Waals surface area contributed by atoms with Crippen LogP contribution in [-0.2, 0) is 11.3 Å². The maximum absolute atomic E-state index is 12.7. The molecule has 4 aromatic rings. The van der Waals surface area contributed by atoms with Crippen molar-refractivity contribution >= 4 is 67.7 Å². The van der Waals surface area contributed by atoms with E-state index in [2.05, 4.69) is 47.0 Å². The van der Waals surface area contributed by atoms with Gasteiger partial charge in [0.2, 0.25) is 11.0 Å². The van der Waals surface area contributed by atoms with Gasteiger partial charge in [0, 0.05) is 15.7 Å². The van der Waals surface area contributed by atoms with E-state index in [1.54, 1.807) is 17.8 Å². The number of thioether (sulfide) groups is 2. The topological polar surface area (TPSA) is 115 Å². The molecule has 0 fully saturated rings. The molecule has 0 unspecified atom stereocenters. The van der Waals surface area contributed by atoms with Crippen LogP contribution in [0.15, 0.2) is 62.5 Å². The van der Waals surface area contributed by atoms with Gasteiger partial charge in [0.25, 0.3) is 5.91 Å². The second kappa shape index (κ2) is 12.5. The summed E-state index contributed by atoms with van der Waals surface area (Å²) >= 11 is 7.62. The predicted molar refractivity (Wildman–Crippen MR) is 147 cm³/mol. The van der Waals surface area contributed by atoms with Gasteiger partial charge in [-0.25, -0.2) is 0 Å². The minimum Gasteiger partial charge on any atom is -0.345 e. The number of hydrogen-bond acceptors (Lipinski definition) is 9. The van der Waals surface area contributed by atoms with Crippen molar-refractivity contribution in [1.29, 1.82) is 0 Å². The van der Waals surface area contributed by atoms with Gasteiger partial charge in [-0.1, -0.05) is 75.4 Å². The van der Waals surface area contributed by atoms with Gasteiger partial charge in [-0.3, -0.25) is 19.5 Å². The van der Waals surface area contributed by atoms with Crippen LogP contribution in [0.2, 0.25) is 0 Å². The van der Waals surface area contributed by atoms with E-state index < -0.39 is 0 Å². The zero-order valence-electron chi connectivity index (χ0n) is 19.4. The number of aryl methyl sites for hydroxylation is 1. The molecule has 186 valence electrons. The highest BCUT2D eigenvalue weighted by Crippen LogP contribution is 2.26. The molecule has 0 saturated carbocycles. The quantitative estimate of drug-likeness (QED) is 0.193. The van der Waals surface area contributed by atoms with Crippen LogP contribution in [0.1, 0.15) is 28.7 Å². The van der Waals surface area contributed by atoms with Crippen LogP contribution >= 0.6 is 50.8 Å². The Hall–Kier alpha value is -2.74. The van der Waals surface area contributed by atoms with Gasteiger partial charge in [0.15, 0.2) is 15.3 Å². The number of rotatable bonds is 10. The number of anilines is 1. The number of amides is 2. The molecule has 0 atom stereocenters. The molecule has 13 heteroatoms. The van der Waals surface area contributed by atoms with Gasteiger partial charge in [0.1, 0.15) is 0 Å². The number of aromatic nitrogens is 5. The first-order valence-electron chi connectivity index (χ1n) is 10.9. The summed E-state index contributed by atoms with van der Waals surface area (Å²) in [6.45, 7) is 4.14. The lowest BCUT2D eigenvalue weighted by atomic mass is 10.1. The van der Waals surface area contributed by atoms with Gasteiger partial charge >= 0.3 is 0 Å². The largest absolute Gasteiger partial charge is 0.345 e. The molecule has 2 aromatic carbocycles. The second-order valence-electron chi connectivity index (χ2n) is 7.41. The lowest BCUT2D eigenvalue weighted by Crippen LogP contribution is -2.24. The van der Waals surface area contributed by atoms with Crippen molar-refractivity contribution in [3.63, 3.8) is 0 Å². The van der Waals surface area contributed by atoms with Crippen molar-refractivity contribution in [1.82, 2.24) is 30.3 Å². The summed E-state index contributed by atoms with van der Waals surface area (Å²) in [6.07, 6.45) is 0. The molecule has 0 bridgehead atoms. The average molecular weight is 605 g/mol. The van der Waals surface area contributed by atoms with Crippen LogP contribution in [-0.4, -0.2) is 48.3 Å².